The van der Waals surface area contributed by atoms with Crippen LogP contribution in [0.25, 0.3) is 0 Å². The minimum atomic E-state index is -1.29. The first kappa shape index (κ1) is 25.2. The zero-order valence-electron chi connectivity index (χ0n) is 22.0. The highest BCUT2D eigenvalue weighted by atomic mass is 16.5. The van der Waals surface area contributed by atoms with Gasteiger partial charge in [-0.25, -0.2) is 0 Å². The largest absolute Gasteiger partial charge is 0.380 e. The average Bonchev–Trinajstić information content (AvgIpc) is 3.72. The number of hydrogen-bond acceptors (Lipinski definition) is 8. The average molecular weight is 549 g/mol. The van der Waals surface area contributed by atoms with Gasteiger partial charge in [0.1, 0.15) is 11.8 Å². The maximum absolute atomic E-state index is 13.3. The second kappa shape index (κ2) is 9.41. The molecule has 5 fully saturated rings. The molecule has 4 saturated heterocycles. The Bertz CT molecular complexity index is 1390. The number of anilines is 1. The van der Waals surface area contributed by atoms with Crippen LogP contribution in [0.15, 0.2) is 30.6 Å². The van der Waals surface area contributed by atoms with E-state index in [-0.39, 0.29) is 41.8 Å². The summed E-state index contributed by atoms with van der Waals surface area (Å²) in [5, 5.41) is 20.6. The van der Waals surface area contributed by atoms with Gasteiger partial charge in [0.2, 0.25) is 5.91 Å². The van der Waals surface area contributed by atoms with Crippen LogP contribution in [-0.4, -0.2) is 85.9 Å². The van der Waals surface area contributed by atoms with E-state index in [4.69, 9.17) is 4.74 Å². The topological polar surface area (TPSA) is 146 Å². The number of aliphatic hydroxyl groups excluding tert-OH is 1. The minimum absolute atomic E-state index is 0.134. The lowest BCUT2D eigenvalue weighted by Crippen LogP contribution is -2.57. The number of hydrogen-bond donors (Lipinski definition) is 3. The molecular weight excluding hydrogens is 516 g/mol. The molecule has 12 heteroatoms. The number of benzene rings is 1. The lowest BCUT2D eigenvalue weighted by Gasteiger charge is -2.41. The number of nitrogens with zero attached hydrogens (tertiary/aromatic N) is 4. The fraction of sp³-hybridized carbons (Fsp3) is 0.536. The maximum atomic E-state index is 13.3. The van der Waals surface area contributed by atoms with Crippen molar-refractivity contribution in [3.05, 3.63) is 47.3 Å². The smallest absolute Gasteiger partial charge is 0.264 e. The summed E-state index contributed by atoms with van der Waals surface area (Å²) in [6.45, 7) is 2.49. The number of piperidine rings is 2. The van der Waals surface area contributed by atoms with Crippen LogP contribution < -0.4 is 10.6 Å². The van der Waals surface area contributed by atoms with Crippen LogP contribution in [0, 0.1) is 5.92 Å². The summed E-state index contributed by atoms with van der Waals surface area (Å²) in [5.41, 5.74) is 1.45. The Morgan fingerprint density at radius 3 is 2.67 bits per heavy atom. The molecule has 6 aliphatic rings. The third kappa shape index (κ3) is 4.00. The number of carbonyl (C=O) groups excluding carboxylic acids is 4. The van der Waals surface area contributed by atoms with Gasteiger partial charge in [-0.05, 0) is 50.2 Å². The number of likely N-dealkylation sites (tertiary alicyclic amines) is 1. The highest BCUT2D eigenvalue weighted by Crippen LogP contribution is 2.49. The van der Waals surface area contributed by atoms with Crippen molar-refractivity contribution in [1.82, 2.24) is 24.9 Å². The number of aromatic nitrogens is 2. The quantitative estimate of drug-likeness (QED) is 0.454. The molecule has 0 spiro atoms. The van der Waals surface area contributed by atoms with Gasteiger partial charge in [0.15, 0.2) is 0 Å². The number of carbonyl (C=O) groups is 4. The van der Waals surface area contributed by atoms with Crippen LogP contribution in [0.3, 0.4) is 0 Å². The van der Waals surface area contributed by atoms with E-state index in [2.05, 4.69) is 15.7 Å². The Labute approximate surface area is 230 Å². The van der Waals surface area contributed by atoms with Gasteiger partial charge in [-0.1, -0.05) is 6.07 Å². The molecule has 2 aromatic rings. The molecule has 1 saturated carbocycles. The third-order valence-electron chi connectivity index (χ3n) is 9.10. The number of fused-ring (bicyclic) bond motifs is 2. The summed E-state index contributed by atoms with van der Waals surface area (Å²) in [7, 11) is 0. The van der Waals surface area contributed by atoms with Crippen molar-refractivity contribution in [3.63, 3.8) is 0 Å². The first-order chi connectivity index (χ1) is 19.3. The van der Waals surface area contributed by atoms with Crippen molar-refractivity contribution in [2.75, 3.05) is 25.0 Å². The number of rotatable bonds is 6. The highest BCUT2D eigenvalue weighted by Gasteiger charge is 2.58. The molecular formula is C28H32N6O6. The normalized spacial score (nSPS) is 29.8. The molecule has 2 atom stereocenters. The summed E-state index contributed by atoms with van der Waals surface area (Å²) >= 11 is 0. The van der Waals surface area contributed by atoms with Gasteiger partial charge in [0.05, 0.1) is 36.0 Å². The lowest BCUT2D eigenvalue weighted by atomic mass is 9.73. The second-order valence-electron chi connectivity index (χ2n) is 11.6. The summed E-state index contributed by atoms with van der Waals surface area (Å²) in [6.07, 6.45) is 6.20. The van der Waals surface area contributed by atoms with Crippen LogP contribution in [0.4, 0.5) is 5.69 Å². The molecule has 3 N–H and O–H groups in total. The number of aliphatic hydroxyl groups is 1. The first-order valence-electron chi connectivity index (χ1n) is 14.0. The Morgan fingerprint density at radius 2 is 1.95 bits per heavy atom. The number of amides is 4. The molecule has 2 bridgehead atoms. The highest BCUT2D eigenvalue weighted by molar-refractivity contribution is 6.24. The first-order valence-corrected chi connectivity index (χ1v) is 14.0. The zero-order chi connectivity index (χ0) is 27.6. The molecule has 4 amide bonds. The monoisotopic (exact) mass is 548 g/mol. The molecule has 12 nitrogen and oxygen atoms in total. The maximum Gasteiger partial charge on any atom is 0.264 e. The van der Waals surface area contributed by atoms with Crippen molar-refractivity contribution in [3.8, 4) is 0 Å². The molecule has 6 heterocycles. The Kier molecular flexibility index (Phi) is 5.93. The van der Waals surface area contributed by atoms with Crippen LogP contribution in [0.2, 0.25) is 0 Å². The van der Waals surface area contributed by atoms with Crippen molar-refractivity contribution >= 4 is 29.3 Å². The van der Waals surface area contributed by atoms with Crippen molar-refractivity contribution in [2.24, 2.45) is 5.92 Å². The minimum Gasteiger partial charge on any atom is -0.380 e. The van der Waals surface area contributed by atoms with Gasteiger partial charge in [0.25, 0.3) is 17.7 Å². The van der Waals surface area contributed by atoms with E-state index in [0.717, 1.165) is 36.1 Å². The van der Waals surface area contributed by atoms with Gasteiger partial charge in [-0.3, -0.25) is 28.8 Å². The van der Waals surface area contributed by atoms with Crippen LogP contribution >= 0.6 is 0 Å². The van der Waals surface area contributed by atoms with Crippen molar-refractivity contribution < 1.29 is 29.0 Å². The molecule has 1 aliphatic carbocycles. The molecule has 2 unspecified atom stereocenters. The molecule has 8 rings (SSSR count). The number of nitrogens with one attached hydrogen (secondary N) is 2. The van der Waals surface area contributed by atoms with E-state index in [1.807, 2.05) is 15.8 Å². The standard InChI is InChI=1S/C28H32N6O6/c35-22-5-4-21(24(36)31-22)34-25(37)19-2-1-3-20(23(19)26(34)38)29-12-17-13-30-33(14-17)18-6-8-32(9-7-18)27(39)28-10-16(11-28)15-40-28/h1-3,13-14,16,18,21,24,29,36H,4-12,15H2,(H,31,35). The van der Waals surface area contributed by atoms with E-state index in [1.165, 1.54) is 0 Å². The summed E-state index contributed by atoms with van der Waals surface area (Å²) < 4.78 is 7.76. The molecule has 1 aromatic heterocycles. The van der Waals surface area contributed by atoms with Gasteiger partial charge < -0.3 is 25.4 Å². The Morgan fingerprint density at radius 1 is 1.15 bits per heavy atom. The van der Waals surface area contributed by atoms with Crippen LogP contribution in [-0.2, 0) is 20.9 Å². The predicted octanol–water partition coefficient (Wildman–Crippen LogP) is 1.03. The van der Waals surface area contributed by atoms with Crippen molar-refractivity contribution in [1.29, 1.82) is 0 Å². The molecule has 1 aromatic carbocycles. The number of ether oxygens (including phenoxy) is 1. The fourth-order valence-corrected chi connectivity index (χ4v) is 6.90. The van der Waals surface area contributed by atoms with Crippen LogP contribution in [0.1, 0.15) is 70.8 Å². The zero-order valence-corrected chi connectivity index (χ0v) is 22.0. The molecule has 5 aliphatic heterocycles. The summed E-state index contributed by atoms with van der Waals surface area (Å²) in [5.74, 6) is -0.564. The summed E-state index contributed by atoms with van der Waals surface area (Å²) in [4.78, 5) is 54.0. The van der Waals surface area contributed by atoms with E-state index in [9.17, 15) is 24.3 Å². The van der Waals surface area contributed by atoms with Gasteiger partial charge in [-0.15, -0.1) is 0 Å². The van der Waals surface area contributed by atoms with Gasteiger partial charge >= 0.3 is 0 Å². The van der Waals surface area contributed by atoms with E-state index < -0.39 is 29.7 Å². The Hall–Kier alpha value is -3.77. The predicted molar refractivity (Wildman–Crippen MR) is 140 cm³/mol. The van der Waals surface area contributed by atoms with E-state index in [0.29, 0.717) is 37.8 Å². The van der Waals surface area contributed by atoms with Gasteiger partial charge in [0, 0.05) is 43.5 Å². The second-order valence-corrected chi connectivity index (χ2v) is 11.6. The van der Waals surface area contributed by atoms with Gasteiger partial charge in [-0.2, -0.15) is 5.10 Å². The molecule has 40 heavy (non-hydrogen) atoms. The van der Waals surface area contributed by atoms with E-state index in [1.54, 1.807) is 24.4 Å². The van der Waals surface area contributed by atoms with Crippen molar-refractivity contribution in [2.45, 2.75) is 69.0 Å². The number of imide groups is 1. The molecule has 0 radical (unpaired) electrons. The van der Waals surface area contributed by atoms with E-state index >= 15 is 0 Å². The third-order valence-corrected chi connectivity index (χ3v) is 9.10. The van der Waals surface area contributed by atoms with Crippen LogP contribution in [0.5, 0.6) is 0 Å². The summed E-state index contributed by atoms with van der Waals surface area (Å²) in [6, 6.07) is 4.46. The SMILES string of the molecule is O=C1CCC(N2C(=O)c3cccc(NCc4cnn(C5CCN(C(=O)C67CC(CO6)C7)CC5)c4)c3C2=O)C(O)N1. The fourth-order valence-electron chi connectivity index (χ4n) is 6.90. The lowest BCUT2D eigenvalue weighted by molar-refractivity contribution is -0.156. The molecule has 210 valence electrons. The Balaban J connectivity index is 0.983.